The molecule has 0 bridgehead atoms. The molecule has 1 unspecified atom stereocenters. The van der Waals surface area contributed by atoms with Gasteiger partial charge in [-0.1, -0.05) is 24.3 Å². The molecular weight excluding hydrogens is 218 g/mol. The van der Waals surface area contributed by atoms with Crippen LogP contribution in [0.4, 0.5) is 0 Å². The van der Waals surface area contributed by atoms with Crippen LogP contribution in [0.15, 0.2) is 24.3 Å². The van der Waals surface area contributed by atoms with Crippen molar-refractivity contribution >= 4 is 5.97 Å². The van der Waals surface area contributed by atoms with Crippen molar-refractivity contribution in [3.05, 3.63) is 35.4 Å². The summed E-state index contributed by atoms with van der Waals surface area (Å²) in [5, 5.41) is 8.58. The first-order valence-electron chi connectivity index (χ1n) is 5.68. The van der Waals surface area contributed by atoms with Gasteiger partial charge in [-0.05, 0) is 24.0 Å². The molecule has 0 fully saturated rings. The van der Waals surface area contributed by atoms with Gasteiger partial charge in [-0.2, -0.15) is 0 Å². The van der Waals surface area contributed by atoms with Crippen molar-refractivity contribution in [1.29, 1.82) is 0 Å². The number of aliphatic carboxylic acids is 1. The lowest BCUT2D eigenvalue weighted by molar-refractivity contribution is -0.137. The van der Waals surface area contributed by atoms with E-state index in [2.05, 4.69) is 0 Å². The predicted molar refractivity (Wildman–Crippen MR) is 65.8 cm³/mol. The number of hydrogen-bond acceptors (Lipinski definition) is 3. The number of hydrogen-bond donors (Lipinski definition) is 2. The van der Waals surface area contributed by atoms with Crippen LogP contribution < -0.4 is 5.73 Å². The van der Waals surface area contributed by atoms with Gasteiger partial charge in [0.05, 0.1) is 6.61 Å². The van der Waals surface area contributed by atoms with E-state index >= 15 is 0 Å². The van der Waals surface area contributed by atoms with Crippen molar-refractivity contribution in [2.45, 2.75) is 25.3 Å². The number of rotatable bonds is 7. The van der Waals surface area contributed by atoms with Crippen LogP contribution in [0, 0.1) is 0 Å². The van der Waals surface area contributed by atoms with E-state index in [0.717, 1.165) is 12.0 Å². The highest BCUT2D eigenvalue weighted by atomic mass is 16.5. The van der Waals surface area contributed by atoms with Crippen LogP contribution in [-0.2, 0) is 16.0 Å². The highest BCUT2D eigenvalue weighted by molar-refractivity contribution is 5.66. The van der Waals surface area contributed by atoms with Crippen LogP contribution in [0.3, 0.4) is 0 Å². The highest BCUT2D eigenvalue weighted by Gasteiger charge is 2.08. The van der Waals surface area contributed by atoms with Gasteiger partial charge in [-0.15, -0.1) is 0 Å². The molecule has 0 saturated carbocycles. The minimum Gasteiger partial charge on any atom is -0.481 e. The van der Waals surface area contributed by atoms with Crippen LogP contribution in [0.2, 0.25) is 0 Å². The lowest BCUT2D eigenvalue weighted by Gasteiger charge is -2.11. The zero-order chi connectivity index (χ0) is 12.7. The molecule has 0 amide bonds. The number of benzene rings is 1. The third-order valence-corrected chi connectivity index (χ3v) is 2.67. The van der Waals surface area contributed by atoms with E-state index in [9.17, 15) is 4.79 Å². The van der Waals surface area contributed by atoms with E-state index in [1.807, 2.05) is 24.3 Å². The quantitative estimate of drug-likeness (QED) is 0.757. The van der Waals surface area contributed by atoms with Gasteiger partial charge >= 0.3 is 5.97 Å². The third kappa shape index (κ3) is 4.97. The van der Waals surface area contributed by atoms with Crippen LogP contribution in [0.1, 0.15) is 30.0 Å². The fraction of sp³-hybridized carbons (Fsp3) is 0.462. The maximum atomic E-state index is 10.4. The zero-order valence-corrected chi connectivity index (χ0v) is 10.1. The third-order valence-electron chi connectivity index (χ3n) is 2.67. The molecule has 4 heteroatoms. The van der Waals surface area contributed by atoms with Crippen molar-refractivity contribution in [2.75, 3.05) is 13.7 Å². The second-order valence-corrected chi connectivity index (χ2v) is 4.02. The molecule has 0 spiro atoms. The van der Waals surface area contributed by atoms with Crippen molar-refractivity contribution in [3.8, 4) is 0 Å². The Kier molecular flexibility index (Phi) is 5.66. The van der Waals surface area contributed by atoms with E-state index < -0.39 is 5.97 Å². The molecule has 17 heavy (non-hydrogen) atoms. The molecule has 0 heterocycles. The molecule has 1 aromatic carbocycles. The van der Waals surface area contributed by atoms with Gasteiger partial charge in [-0.3, -0.25) is 4.79 Å². The summed E-state index contributed by atoms with van der Waals surface area (Å²) >= 11 is 0. The molecular formula is C13H19NO3. The summed E-state index contributed by atoms with van der Waals surface area (Å²) in [4.78, 5) is 10.4. The van der Waals surface area contributed by atoms with Crippen LogP contribution in [0.5, 0.6) is 0 Å². The summed E-state index contributed by atoms with van der Waals surface area (Å²) in [6, 6.07) is 7.72. The van der Waals surface area contributed by atoms with Crippen LogP contribution in [0.25, 0.3) is 0 Å². The molecule has 1 rings (SSSR count). The molecule has 0 aliphatic carbocycles. The van der Waals surface area contributed by atoms with Crippen LogP contribution >= 0.6 is 0 Å². The van der Waals surface area contributed by atoms with E-state index in [1.165, 1.54) is 5.56 Å². The van der Waals surface area contributed by atoms with Crippen molar-refractivity contribution in [1.82, 2.24) is 0 Å². The van der Waals surface area contributed by atoms with Gasteiger partial charge in [0.25, 0.3) is 0 Å². The first-order chi connectivity index (χ1) is 8.13. The topological polar surface area (TPSA) is 72.5 Å². The lowest BCUT2D eigenvalue weighted by atomic mass is 10.0. The smallest absolute Gasteiger partial charge is 0.303 e. The minimum atomic E-state index is -0.808. The molecule has 0 aliphatic rings. The standard InChI is InChI=1S/C13H19NO3/c1-17-9-8-10-2-4-11(5-3-10)12(14)6-7-13(15)16/h2-5,12H,6-9,14H2,1H3,(H,15,16). The van der Waals surface area contributed by atoms with Gasteiger partial charge in [-0.25, -0.2) is 0 Å². The maximum Gasteiger partial charge on any atom is 0.303 e. The van der Waals surface area contributed by atoms with Crippen molar-refractivity contribution in [3.63, 3.8) is 0 Å². The Labute approximate surface area is 101 Å². The summed E-state index contributed by atoms with van der Waals surface area (Å²) in [7, 11) is 1.68. The number of carbonyl (C=O) groups is 1. The second kappa shape index (κ2) is 7.04. The van der Waals surface area contributed by atoms with Gasteiger partial charge in [0.15, 0.2) is 0 Å². The van der Waals surface area contributed by atoms with E-state index in [4.69, 9.17) is 15.6 Å². The average molecular weight is 237 g/mol. The maximum absolute atomic E-state index is 10.4. The number of methoxy groups -OCH3 is 1. The Balaban J connectivity index is 2.51. The molecule has 1 aromatic rings. The Morgan fingerprint density at radius 1 is 1.41 bits per heavy atom. The first-order valence-corrected chi connectivity index (χ1v) is 5.68. The van der Waals surface area contributed by atoms with E-state index in [-0.39, 0.29) is 12.5 Å². The summed E-state index contributed by atoms with van der Waals surface area (Å²) in [5.74, 6) is -0.808. The Bertz CT molecular complexity index is 348. The summed E-state index contributed by atoms with van der Waals surface area (Å²) < 4.78 is 5.00. The molecule has 3 N–H and O–H groups in total. The monoisotopic (exact) mass is 237 g/mol. The molecule has 0 aliphatic heterocycles. The molecule has 0 saturated heterocycles. The predicted octanol–water partition coefficient (Wildman–Crippen LogP) is 1.74. The molecule has 0 aromatic heterocycles. The summed E-state index contributed by atoms with van der Waals surface area (Å²) in [6.07, 6.45) is 1.44. The molecule has 1 atom stereocenters. The lowest BCUT2D eigenvalue weighted by Crippen LogP contribution is -2.12. The van der Waals surface area contributed by atoms with Crippen molar-refractivity contribution in [2.24, 2.45) is 5.73 Å². The van der Waals surface area contributed by atoms with Gasteiger partial charge in [0.2, 0.25) is 0 Å². The normalized spacial score (nSPS) is 12.4. The molecule has 94 valence electrons. The van der Waals surface area contributed by atoms with Gasteiger partial charge in [0, 0.05) is 19.6 Å². The van der Waals surface area contributed by atoms with E-state index in [1.54, 1.807) is 7.11 Å². The van der Waals surface area contributed by atoms with E-state index in [0.29, 0.717) is 13.0 Å². The van der Waals surface area contributed by atoms with Crippen molar-refractivity contribution < 1.29 is 14.6 Å². The summed E-state index contributed by atoms with van der Waals surface area (Å²) in [5.41, 5.74) is 8.08. The number of carboxylic acids is 1. The fourth-order valence-electron chi connectivity index (χ4n) is 1.60. The number of ether oxygens (including phenoxy) is 1. The fourth-order valence-corrected chi connectivity index (χ4v) is 1.60. The largest absolute Gasteiger partial charge is 0.481 e. The number of nitrogens with two attached hydrogens (primary N) is 1. The molecule has 0 radical (unpaired) electrons. The average Bonchev–Trinajstić information content (AvgIpc) is 2.34. The van der Waals surface area contributed by atoms with Crippen LogP contribution in [-0.4, -0.2) is 24.8 Å². The Hall–Kier alpha value is -1.39. The highest BCUT2D eigenvalue weighted by Crippen LogP contribution is 2.16. The Morgan fingerprint density at radius 2 is 2.06 bits per heavy atom. The SMILES string of the molecule is COCCc1ccc(C(N)CCC(=O)O)cc1. The second-order valence-electron chi connectivity index (χ2n) is 4.02. The van der Waals surface area contributed by atoms with Gasteiger partial charge in [0.1, 0.15) is 0 Å². The summed E-state index contributed by atoms with van der Waals surface area (Å²) in [6.45, 7) is 0.699. The molecule has 4 nitrogen and oxygen atoms in total. The first kappa shape index (κ1) is 13.7. The van der Waals surface area contributed by atoms with Gasteiger partial charge < -0.3 is 15.6 Å². The zero-order valence-electron chi connectivity index (χ0n) is 10.1. The Morgan fingerprint density at radius 3 is 2.59 bits per heavy atom. The number of carboxylic acid groups (broad SMARTS) is 1. The minimum absolute atomic E-state index is 0.104.